The van der Waals surface area contributed by atoms with E-state index in [0.29, 0.717) is 22.6 Å². The lowest BCUT2D eigenvalue weighted by molar-refractivity contribution is 0.0726. The molecule has 1 aliphatic heterocycles. The molecule has 0 aromatic heterocycles. The molecule has 0 unspecified atom stereocenters. The quantitative estimate of drug-likeness (QED) is 0.320. The molecule has 0 spiro atoms. The first kappa shape index (κ1) is 21.1. The van der Waals surface area contributed by atoms with Gasteiger partial charge in [0.25, 0.3) is 0 Å². The molecule has 3 aromatic rings. The van der Waals surface area contributed by atoms with Gasteiger partial charge in [-0.1, -0.05) is 24.3 Å². The Labute approximate surface area is 183 Å². The van der Waals surface area contributed by atoms with E-state index in [0.717, 1.165) is 0 Å². The molecule has 162 valence electrons. The fraction of sp³-hybridized carbons (Fsp3) is 0.120. The third-order valence-corrected chi connectivity index (χ3v) is 5.06. The van der Waals surface area contributed by atoms with Gasteiger partial charge >= 0.3 is 5.97 Å². The standard InChI is InChI=1S/C25H19FO6/c1-14-18(32-25(28)22-19(29-2)9-6-10-20(22)30-3)12-11-16-23(27)21(31-24(14)16)13-15-7-4-5-8-17(15)26/h4-13H,1-3H3/b21-13-. The van der Waals surface area contributed by atoms with E-state index < -0.39 is 11.8 Å². The van der Waals surface area contributed by atoms with Crippen molar-refractivity contribution < 1.29 is 32.9 Å². The summed E-state index contributed by atoms with van der Waals surface area (Å²) in [5, 5.41) is 0. The van der Waals surface area contributed by atoms with Gasteiger partial charge in [-0.3, -0.25) is 4.79 Å². The number of Topliss-reactive ketones (excluding diaryl/α,β-unsaturated/α-hetero) is 1. The first-order chi connectivity index (χ1) is 15.4. The highest BCUT2D eigenvalue weighted by molar-refractivity contribution is 6.15. The molecule has 0 aliphatic carbocycles. The largest absolute Gasteiger partial charge is 0.496 e. The molecule has 0 N–H and O–H groups in total. The molecule has 6 nitrogen and oxygen atoms in total. The lowest BCUT2D eigenvalue weighted by Gasteiger charge is -2.14. The molecule has 3 aromatic carbocycles. The van der Waals surface area contributed by atoms with Crippen molar-refractivity contribution in [3.05, 3.63) is 88.4 Å². The number of carbonyl (C=O) groups excluding carboxylic acids is 2. The van der Waals surface area contributed by atoms with Gasteiger partial charge in [-0.05, 0) is 43.3 Å². The minimum absolute atomic E-state index is 0.0110. The van der Waals surface area contributed by atoms with E-state index in [4.69, 9.17) is 18.9 Å². The summed E-state index contributed by atoms with van der Waals surface area (Å²) in [5.41, 5.74) is 1.13. The monoisotopic (exact) mass is 434 g/mol. The van der Waals surface area contributed by atoms with E-state index >= 15 is 0 Å². The van der Waals surface area contributed by atoms with E-state index in [1.54, 1.807) is 43.3 Å². The van der Waals surface area contributed by atoms with Crippen LogP contribution in [-0.4, -0.2) is 26.0 Å². The summed E-state index contributed by atoms with van der Waals surface area (Å²) in [5.74, 6) is -0.474. The first-order valence-corrected chi connectivity index (χ1v) is 9.70. The van der Waals surface area contributed by atoms with E-state index in [9.17, 15) is 14.0 Å². The van der Waals surface area contributed by atoms with Crippen LogP contribution in [0, 0.1) is 12.7 Å². The van der Waals surface area contributed by atoms with Crippen LogP contribution in [0.25, 0.3) is 6.08 Å². The van der Waals surface area contributed by atoms with E-state index in [-0.39, 0.29) is 34.2 Å². The zero-order valence-electron chi connectivity index (χ0n) is 17.6. The van der Waals surface area contributed by atoms with Crippen molar-refractivity contribution in [1.29, 1.82) is 0 Å². The number of ether oxygens (including phenoxy) is 4. The highest BCUT2D eigenvalue weighted by Gasteiger charge is 2.31. The Bertz CT molecular complexity index is 1240. The molecule has 7 heteroatoms. The third kappa shape index (κ3) is 3.69. The van der Waals surface area contributed by atoms with Crippen molar-refractivity contribution in [2.45, 2.75) is 6.92 Å². The molecule has 1 heterocycles. The number of rotatable bonds is 5. The van der Waals surface area contributed by atoms with Crippen molar-refractivity contribution in [1.82, 2.24) is 0 Å². The van der Waals surface area contributed by atoms with Crippen LogP contribution in [0.4, 0.5) is 4.39 Å². The van der Waals surface area contributed by atoms with Crippen LogP contribution >= 0.6 is 0 Å². The topological polar surface area (TPSA) is 71.1 Å². The van der Waals surface area contributed by atoms with Gasteiger partial charge in [-0.15, -0.1) is 0 Å². The maximum atomic E-state index is 14.0. The second-order valence-corrected chi connectivity index (χ2v) is 6.95. The van der Waals surface area contributed by atoms with Gasteiger partial charge < -0.3 is 18.9 Å². The summed E-state index contributed by atoms with van der Waals surface area (Å²) in [6, 6.07) is 14.0. The minimum Gasteiger partial charge on any atom is -0.496 e. The normalized spacial score (nSPS) is 13.5. The Morgan fingerprint density at radius 3 is 2.28 bits per heavy atom. The van der Waals surface area contributed by atoms with Gasteiger partial charge in [0.15, 0.2) is 5.76 Å². The fourth-order valence-corrected chi connectivity index (χ4v) is 3.42. The number of fused-ring (bicyclic) bond motifs is 1. The van der Waals surface area contributed by atoms with Gasteiger partial charge in [-0.25, -0.2) is 9.18 Å². The molecule has 0 radical (unpaired) electrons. The Morgan fingerprint density at radius 1 is 0.938 bits per heavy atom. The van der Waals surface area contributed by atoms with Crippen molar-refractivity contribution in [2.24, 2.45) is 0 Å². The van der Waals surface area contributed by atoms with Gasteiger partial charge in [0.1, 0.15) is 34.4 Å². The molecule has 0 amide bonds. The van der Waals surface area contributed by atoms with Crippen LogP contribution in [0.15, 0.2) is 60.4 Å². The lowest BCUT2D eigenvalue weighted by atomic mass is 10.1. The number of ketones is 1. The number of hydrogen-bond acceptors (Lipinski definition) is 6. The van der Waals surface area contributed by atoms with Gasteiger partial charge in [0.05, 0.1) is 19.8 Å². The zero-order chi connectivity index (χ0) is 22.8. The molecular weight excluding hydrogens is 415 g/mol. The van der Waals surface area contributed by atoms with Gasteiger partial charge in [0, 0.05) is 11.1 Å². The van der Waals surface area contributed by atoms with Crippen molar-refractivity contribution >= 4 is 17.8 Å². The summed E-state index contributed by atoms with van der Waals surface area (Å²) in [6.45, 7) is 1.67. The maximum Gasteiger partial charge on any atom is 0.351 e. The minimum atomic E-state index is -0.686. The molecule has 32 heavy (non-hydrogen) atoms. The predicted octanol–water partition coefficient (Wildman–Crippen LogP) is 4.99. The Morgan fingerprint density at radius 2 is 1.62 bits per heavy atom. The third-order valence-electron chi connectivity index (χ3n) is 5.06. The van der Waals surface area contributed by atoms with Crippen LogP contribution in [0.2, 0.25) is 0 Å². The summed E-state index contributed by atoms with van der Waals surface area (Å²) < 4.78 is 35.8. The van der Waals surface area contributed by atoms with Crippen LogP contribution in [0.5, 0.6) is 23.0 Å². The average molecular weight is 434 g/mol. The Kier molecular flexibility index (Phi) is 5.64. The number of halogens is 1. The van der Waals surface area contributed by atoms with Gasteiger partial charge in [0.2, 0.25) is 5.78 Å². The summed E-state index contributed by atoms with van der Waals surface area (Å²) >= 11 is 0. The molecule has 0 atom stereocenters. The zero-order valence-corrected chi connectivity index (χ0v) is 17.6. The fourth-order valence-electron chi connectivity index (χ4n) is 3.42. The molecule has 1 aliphatic rings. The maximum absolute atomic E-state index is 14.0. The summed E-state index contributed by atoms with van der Waals surface area (Å²) in [6.07, 6.45) is 1.35. The number of benzene rings is 3. The van der Waals surface area contributed by atoms with Crippen LogP contribution in [0.3, 0.4) is 0 Å². The Hall–Kier alpha value is -4.13. The number of methoxy groups -OCH3 is 2. The molecule has 0 bridgehead atoms. The highest BCUT2D eigenvalue weighted by Crippen LogP contribution is 2.40. The SMILES string of the molecule is COc1cccc(OC)c1C(=O)Oc1ccc2c(c1C)O/C(=C\c1ccccc1F)C2=O. The van der Waals surface area contributed by atoms with E-state index in [1.165, 1.54) is 38.5 Å². The van der Waals surface area contributed by atoms with Crippen LogP contribution in [0.1, 0.15) is 31.8 Å². The van der Waals surface area contributed by atoms with Crippen molar-refractivity contribution in [3.8, 4) is 23.0 Å². The number of esters is 1. The Balaban J connectivity index is 1.66. The number of hydrogen-bond donors (Lipinski definition) is 0. The summed E-state index contributed by atoms with van der Waals surface area (Å²) in [7, 11) is 2.88. The summed E-state index contributed by atoms with van der Waals surface area (Å²) in [4.78, 5) is 25.6. The average Bonchev–Trinajstić information content (AvgIpc) is 3.12. The van der Waals surface area contributed by atoms with Gasteiger partial charge in [-0.2, -0.15) is 0 Å². The van der Waals surface area contributed by atoms with Crippen molar-refractivity contribution in [3.63, 3.8) is 0 Å². The van der Waals surface area contributed by atoms with Crippen molar-refractivity contribution in [2.75, 3.05) is 14.2 Å². The molecule has 4 rings (SSSR count). The van der Waals surface area contributed by atoms with Crippen LogP contribution in [-0.2, 0) is 0 Å². The molecule has 0 saturated carbocycles. The molecule has 0 fully saturated rings. The second kappa shape index (κ2) is 8.55. The van der Waals surface area contributed by atoms with E-state index in [1.807, 2.05) is 0 Å². The number of allylic oxidation sites excluding steroid dienone is 1. The smallest absolute Gasteiger partial charge is 0.351 e. The lowest BCUT2D eigenvalue weighted by Crippen LogP contribution is -2.12. The van der Waals surface area contributed by atoms with E-state index in [2.05, 4.69) is 0 Å². The van der Waals surface area contributed by atoms with Crippen LogP contribution < -0.4 is 18.9 Å². The molecule has 0 saturated heterocycles. The predicted molar refractivity (Wildman–Crippen MR) is 115 cm³/mol. The first-order valence-electron chi connectivity index (χ1n) is 9.70. The number of carbonyl (C=O) groups is 2. The highest BCUT2D eigenvalue weighted by atomic mass is 19.1. The molecular formula is C25H19FO6. The second-order valence-electron chi connectivity index (χ2n) is 6.95.